The lowest BCUT2D eigenvalue weighted by molar-refractivity contribution is -0.118. The van der Waals surface area contributed by atoms with Crippen LogP contribution in [0.5, 0.6) is 5.75 Å². The van der Waals surface area contributed by atoms with E-state index in [9.17, 15) is 4.79 Å². The third-order valence-electron chi connectivity index (χ3n) is 7.69. The fraction of sp³-hybridized carbons (Fsp3) is 0.171. The molecule has 0 radical (unpaired) electrons. The van der Waals surface area contributed by atoms with Crippen LogP contribution >= 0.6 is 12.2 Å². The van der Waals surface area contributed by atoms with Gasteiger partial charge in [-0.3, -0.25) is 9.78 Å². The van der Waals surface area contributed by atoms with Gasteiger partial charge in [-0.15, -0.1) is 0 Å². The molecule has 5 aromatic rings. The first-order chi connectivity index (χ1) is 20.9. The second kappa shape index (κ2) is 12.1. The first-order valence-corrected chi connectivity index (χ1v) is 14.6. The molecule has 8 heteroatoms. The lowest BCUT2D eigenvalue weighted by Crippen LogP contribution is -2.29. The Kier molecular flexibility index (Phi) is 7.94. The zero-order chi connectivity index (χ0) is 29.9. The summed E-state index contributed by atoms with van der Waals surface area (Å²) in [5, 5.41) is 7.09. The van der Waals surface area contributed by atoms with Gasteiger partial charge < -0.3 is 24.8 Å². The summed E-state index contributed by atoms with van der Waals surface area (Å²) in [7, 11) is 0. The summed E-state index contributed by atoms with van der Waals surface area (Å²) in [5.74, 6) is 0.421. The Bertz CT molecular complexity index is 1750. The molecule has 6 rings (SSSR count). The van der Waals surface area contributed by atoms with Gasteiger partial charge >= 0.3 is 0 Å². The Morgan fingerprint density at radius 3 is 2.40 bits per heavy atom. The van der Waals surface area contributed by atoms with Crippen LogP contribution in [0.2, 0.25) is 0 Å². The SMILES string of the molecule is Cc1cccc(-n2c(C)cc([C@H]3[C@H](c4ccccn4)NC(=S)N3c3ccc(NC(=O)COc4ccccc4)cc3)c2C)c1. The maximum atomic E-state index is 12.5. The van der Waals surface area contributed by atoms with Crippen molar-refractivity contribution >= 4 is 34.6 Å². The number of anilines is 2. The van der Waals surface area contributed by atoms with Crippen molar-refractivity contribution in [1.82, 2.24) is 14.9 Å². The molecular formula is C35H33N5O2S. The highest BCUT2D eigenvalue weighted by Crippen LogP contribution is 2.44. The summed E-state index contributed by atoms with van der Waals surface area (Å²) in [6, 6.07) is 33.5. The van der Waals surface area contributed by atoms with Crippen molar-refractivity contribution in [3.05, 3.63) is 138 Å². The van der Waals surface area contributed by atoms with Crippen molar-refractivity contribution in [2.75, 3.05) is 16.8 Å². The van der Waals surface area contributed by atoms with Gasteiger partial charge in [-0.1, -0.05) is 36.4 Å². The summed E-state index contributed by atoms with van der Waals surface area (Å²) in [4.78, 5) is 19.4. The summed E-state index contributed by atoms with van der Waals surface area (Å²) in [6.45, 7) is 6.34. The molecule has 43 heavy (non-hydrogen) atoms. The molecule has 2 aromatic heterocycles. The van der Waals surface area contributed by atoms with Gasteiger partial charge in [-0.2, -0.15) is 0 Å². The lowest BCUT2D eigenvalue weighted by Gasteiger charge is -2.28. The van der Waals surface area contributed by atoms with Gasteiger partial charge in [0.1, 0.15) is 5.75 Å². The summed E-state index contributed by atoms with van der Waals surface area (Å²) < 4.78 is 7.88. The van der Waals surface area contributed by atoms with E-state index in [0.29, 0.717) is 16.5 Å². The van der Waals surface area contributed by atoms with E-state index in [-0.39, 0.29) is 24.6 Å². The molecule has 1 aliphatic rings. The van der Waals surface area contributed by atoms with Crippen molar-refractivity contribution in [3.63, 3.8) is 0 Å². The topological polar surface area (TPSA) is 71.4 Å². The standard InChI is InChI=1S/C35H33N5O2S/c1-23-10-9-11-28(20-23)39-24(2)21-30(25(39)3)34-33(31-14-7-8-19-36-31)38-35(43)40(34)27-17-15-26(16-18-27)37-32(41)22-42-29-12-5-4-6-13-29/h4-21,33-34H,22H2,1-3H3,(H,37,41)(H,38,43)/t33-,34-/m0/s1. The number of nitrogens with zero attached hydrogens (tertiary/aromatic N) is 3. The molecule has 0 aliphatic carbocycles. The van der Waals surface area contributed by atoms with Gasteiger partial charge in [-0.05, 0) is 111 Å². The molecule has 1 saturated heterocycles. The Hall–Kier alpha value is -4.95. The van der Waals surface area contributed by atoms with Gasteiger partial charge in [0, 0.05) is 34.6 Å². The van der Waals surface area contributed by atoms with E-state index in [1.165, 1.54) is 5.56 Å². The number of para-hydroxylation sites is 1. The smallest absolute Gasteiger partial charge is 0.262 e. The molecular weight excluding hydrogens is 554 g/mol. The quantitative estimate of drug-likeness (QED) is 0.191. The van der Waals surface area contributed by atoms with Crippen LogP contribution in [0.25, 0.3) is 5.69 Å². The number of pyridine rings is 1. The predicted molar refractivity (Wildman–Crippen MR) is 175 cm³/mol. The van der Waals surface area contributed by atoms with Crippen LogP contribution in [0.3, 0.4) is 0 Å². The maximum Gasteiger partial charge on any atom is 0.262 e. The molecule has 216 valence electrons. The van der Waals surface area contributed by atoms with E-state index in [2.05, 4.69) is 71.2 Å². The number of aryl methyl sites for hydroxylation is 2. The highest BCUT2D eigenvalue weighted by atomic mass is 32.1. The number of ether oxygens (including phenoxy) is 1. The van der Waals surface area contributed by atoms with Crippen molar-refractivity contribution < 1.29 is 9.53 Å². The zero-order valence-corrected chi connectivity index (χ0v) is 25.1. The average Bonchev–Trinajstić information content (AvgIpc) is 3.52. The van der Waals surface area contributed by atoms with Crippen molar-refractivity contribution in [2.24, 2.45) is 0 Å². The Labute approximate surface area is 257 Å². The normalized spacial score (nSPS) is 16.2. The number of aromatic nitrogens is 2. The summed E-state index contributed by atoms with van der Waals surface area (Å²) in [5.41, 5.74) is 8.31. The molecule has 3 heterocycles. The molecule has 1 amide bonds. The lowest BCUT2D eigenvalue weighted by atomic mass is 9.96. The van der Waals surface area contributed by atoms with Crippen molar-refractivity contribution in [1.29, 1.82) is 0 Å². The van der Waals surface area contributed by atoms with Crippen LogP contribution in [-0.4, -0.2) is 27.2 Å². The van der Waals surface area contributed by atoms with Crippen LogP contribution in [0.15, 0.2) is 109 Å². The number of benzene rings is 3. The first kappa shape index (κ1) is 28.2. The predicted octanol–water partition coefficient (Wildman–Crippen LogP) is 6.99. The summed E-state index contributed by atoms with van der Waals surface area (Å²) >= 11 is 5.95. The zero-order valence-electron chi connectivity index (χ0n) is 24.3. The minimum absolute atomic E-state index is 0.0731. The highest BCUT2D eigenvalue weighted by Gasteiger charge is 2.42. The highest BCUT2D eigenvalue weighted by molar-refractivity contribution is 7.80. The minimum atomic E-state index is -0.230. The largest absolute Gasteiger partial charge is 0.484 e. The molecule has 0 saturated carbocycles. The van der Waals surface area contributed by atoms with Crippen LogP contribution < -0.4 is 20.3 Å². The molecule has 2 atom stereocenters. The third-order valence-corrected chi connectivity index (χ3v) is 8.00. The summed E-state index contributed by atoms with van der Waals surface area (Å²) in [6.07, 6.45) is 1.81. The van der Waals surface area contributed by atoms with E-state index < -0.39 is 0 Å². The van der Waals surface area contributed by atoms with Crippen molar-refractivity contribution in [2.45, 2.75) is 32.9 Å². The fourth-order valence-corrected chi connectivity index (χ4v) is 6.11. The number of thiocarbonyl (C=S) groups is 1. The van der Waals surface area contributed by atoms with E-state index in [1.54, 1.807) is 0 Å². The molecule has 0 unspecified atom stereocenters. The molecule has 1 fully saturated rings. The van der Waals surface area contributed by atoms with Gasteiger partial charge in [0.15, 0.2) is 11.7 Å². The third kappa shape index (κ3) is 5.87. The Morgan fingerprint density at radius 2 is 1.67 bits per heavy atom. The van der Waals surface area contributed by atoms with Crippen LogP contribution in [-0.2, 0) is 4.79 Å². The monoisotopic (exact) mass is 587 g/mol. The molecule has 1 aliphatic heterocycles. The maximum absolute atomic E-state index is 12.5. The first-order valence-electron chi connectivity index (χ1n) is 14.2. The number of amides is 1. The number of nitrogens with one attached hydrogen (secondary N) is 2. The molecule has 3 aromatic carbocycles. The molecule has 7 nitrogen and oxygen atoms in total. The van der Waals surface area contributed by atoms with Gasteiger partial charge in [-0.25, -0.2) is 0 Å². The second-order valence-corrected chi connectivity index (χ2v) is 11.1. The number of hydrogen-bond donors (Lipinski definition) is 2. The average molecular weight is 588 g/mol. The number of hydrogen-bond acceptors (Lipinski definition) is 4. The van der Waals surface area contributed by atoms with Gasteiger partial charge in [0.05, 0.1) is 17.8 Å². The van der Waals surface area contributed by atoms with E-state index in [1.807, 2.05) is 79.0 Å². The Balaban J connectivity index is 1.31. The van der Waals surface area contributed by atoms with Crippen LogP contribution in [0.1, 0.15) is 40.3 Å². The molecule has 2 N–H and O–H groups in total. The van der Waals surface area contributed by atoms with E-state index in [0.717, 1.165) is 34.0 Å². The van der Waals surface area contributed by atoms with Crippen molar-refractivity contribution in [3.8, 4) is 11.4 Å². The van der Waals surface area contributed by atoms with E-state index in [4.69, 9.17) is 21.9 Å². The van der Waals surface area contributed by atoms with Gasteiger partial charge in [0.25, 0.3) is 5.91 Å². The number of carbonyl (C=O) groups is 1. The fourth-order valence-electron chi connectivity index (χ4n) is 5.77. The Morgan fingerprint density at radius 1 is 0.907 bits per heavy atom. The number of rotatable bonds is 8. The van der Waals surface area contributed by atoms with Crippen LogP contribution in [0, 0.1) is 20.8 Å². The van der Waals surface area contributed by atoms with E-state index >= 15 is 0 Å². The van der Waals surface area contributed by atoms with Crippen LogP contribution in [0.4, 0.5) is 11.4 Å². The molecule has 0 bridgehead atoms. The number of carbonyl (C=O) groups excluding carboxylic acids is 1. The molecule has 0 spiro atoms. The van der Waals surface area contributed by atoms with Gasteiger partial charge in [0.2, 0.25) is 0 Å². The minimum Gasteiger partial charge on any atom is -0.484 e. The second-order valence-electron chi connectivity index (χ2n) is 10.7.